The van der Waals surface area contributed by atoms with Gasteiger partial charge in [0.1, 0.15) is 11.3 Å². The Kier molecular flexibility index (Phi) is 5.68. The first-order valence-corrected chi connectivity index (χ1v) is 11.7. The van der Waals surface area contributed by atoms with Gasteiger partial charge in [-0.3, -0.25) is 4.57 Å². The van der Waals surface area contributed by atoms with Crippen LogP contribution in [0.3, 0.4) is 0 Å². The molecule has 0 saturated carbocycles. The zero-order valence-electron chi connectivity index (χ0n) is 18.1. The van der Waals surface area contributed by atoms with Crippen molar-refractivity contribution in [3.63, 3.8) is 0 Å². The molecule has 0 saturated heterocycles. The summed E-state index contributed by atoms with van der Waals surface area (Å²) in [5.41, 5.74) is 19.2. The third kappa shape index (κ3) is 4.02. The second-order valence-electron chi connectivity index (χ2n) is 7.50. The number of imidazole rings is 1. The highest BCUT2D eigenvalue weighted by Crippen LogP contribution is 2.32. The topological polar surface area (TPSA) is 108 Å². The molecule has 0 amide bonds. The zero-order valence-corrected chi connectivity index (χ0v) is 18.9. The van der Waals surface area contributed by atoms with Crippen molar-refractivity contribution >= 4 is 34.6 Å². The summed E-state index contributed by atoms with van der Waals surface area (Å²) in [5.74, 6) is 1.11. The lowest BCUT2D eigenvalue weighted by molar-refractivity contribution is 1.05. The second-order valence-corrected chi connectivity index (χ2v) is 8.12. The average Bonchev–Trinajstić information content (AvgIpc) is 3.23. The summed E-state index contributed by atoms with van der Waals surface area (Å²) in [6, 6.07) is 24.0. The van der Waals surface area contributed by atoms with Gasteiger partial charge in [-0.1, -0.05) is 36.2 Å². The van der Waals surface area contributed by atoms with Crippen LogP contribution >= 0.6 is 11.9 Å². The molecular weight excluding hydrogens is 430 g/mol. The lowest BCUT2D eigenvalue weighted by Crippen LogP contribution is -2.03. The quantitative estimate of drug-likeness (QED) is 0.314. The number of anilines is 2. The zero-order chi connectivity index (χ0) is 22.8. The number of nitrogens with zero attached hydrogens (tertiary/aromatic N) is 4. The van der Waals surface area contributed by atoms with E-state index >= 15 is 0 Å². The Labute approximate surface area is 196 Å². The summed E-state index contributed by atoms with van der Waals surface area (Å²) in [7, 11) is 0. The SMILES string of the molecule is CSNc1cccc(-c2ccc3nc(-c4cccnc4N)n(-c4ccc(CN)cc4)c3n2)c1. The van der Waals surface area contributed by atoms with Gasteiger partial charge in [0.25, 0.3) is 0 Å². The molecule has 0 radical (unpaired) electrons. The largest absolute Gasteiger partial charge is 0.383 e. The Balaban J connectivity index is 1.74. The van der Waals surface area contributed by atoms with Gasteiger partial charge in [0.05, 0.1) is 11.3 Å². The number of nitrogens with one attached hydrogen (secondary N) is 1. The van der Waals surface area contributed by atoms with Crippen LogP contribution in [0.1, 0.15) is 5.56 Å². The van der Waals surface area contributed by atoms with Crippen molar-refractivity contribution in [1.82, 2.24) is 19.5 Å². The van der Waals surface area contributed by atoms with Crippen LogP contribution in [0.5, 0.6) is 0 Å². The third-order valence-electron chi connectivity index (χ3n) is 5.39. The maximum absolute atomic E-state index is 6.22. The second kappa shape index (κ2) is 8.93. The Hall–Kier alpha value is -3.88. The normalized spacial score (nSPS) is 11.1. The van der Waals surface area contributed by atoms with Crippen LogP contribution in [-0.4, -0.2) is 25.8 Å². The third-order valence-corrected chi connectivity index (χ3v) is 5.83. The molecule has 0 atom stereocenters. The van der Waals surface area contributed by atoms with E-state index < -0.39 is 0 Å². The Morgan fingerprint density at radius 2 is 1.82 bits per heavy atom. The van der Waals surface area contributed by atoms with Crippen molar-refractivity contribution in [3.05, 3.63) is 84.6 Å². The number of rotatable bonds is 6. The van der Waals surface area contributed by atoms with E-state index in [-0.39, 0.29) is 0 Å². The van der Waals surface area contributed by atoms with Crippen LogP contribution in [0.15, 0.2) is 79.0 Å². The molecule has 5 aromatic rings. The van der Waals surface area contributed by atoms with E-state index in [1.54, 1.807) is 18.1 Å². The van der Waals surface area contributed by atoms with Gasteiger partial charge < -0.3 is 16.2 Å². The molecule has 8 heteroatoms. The molecule has 3 heterocycles. The summed E-state index contributed by atoms with van der Waals surface area (Å²) in [5, 5.41) is 0. The minimum atomic E-state index is 0.420. The van der Waals surface area contributed by atoms with Crippen LogP contribution in [0, 0.1) is 0 Å². The van der Waals surface area contributed by atoms with Crippen LogP contribution in [0.25, 0.3) is 39.5 Å². The number of aromatic nitrogens is 4. The van der Waals surface area contributed by atoms with Crippen LogP contribution in [0.4, 0.5) is 11.5 Å². The molecule has 0 bridgehead atoms. The molecule has 33 heavy (non-hydrogen) atoms. The molecule has 0 spiro atoms. The first-order chi connectivity index (χ1) is 16.2. The molecule has 2 aromatic carbocycles. The van der Waals surface area contributed by atoms with Crippen LogP contribution < -0.4 is 16.2 Å². The molecule has 0 aliphatic heterocycles. The van der Waals surface area contributed by atoms with Crippen molar-refractivity contribution in [1.29, 1.82) is 0 Å². The summed E-state index contributed by atoms with van der Waals surface area (Å²) < 4.78 is 5.30. The van der Waals surface area contributed by atoms with Gasteiger partial charge in [-0.25, -0.2) is 15.0 Å². The first-order valence-electron chi connectivity index (χ1n) is 10.5. The van der Waals surface area contributed by atoms with Crippen LogP contribution in [0.2, 0.25) is 0 Å². The van der Waals surface area contributed by atoms with E-state index in [0.29, 0.717) is 18.2 Å². The molecule has 0 fully saturated rings. The standard InChI is InChI=1S/C25H23N7S/c1-33-31-18-5-2-4-17(14-18)21-11-12-22-25(29-21)32(19-9-7-16(15-26)8-10-19)24(30-22)20-6-3-13-28-23(20)27/h2-14,31H,15,26H2,1H3,(H2,27,28). The number of benzene rings is 2. The van der Waals surface area contributed by atoms with Crippen molar-refractivity contribution in [2.24, 2.45) is 5.73 Å². The van der Waals surface area contributed by atoms with Crippen molar-refractivity contribution < 1.29 is 0 Å². The van der Waals surface area contributed by atoms with E-state index in [1.165, 1.54) is 0 Å². The van der Waals surface area contributed by atoms with Gasteiger partial charge in [-0.2, -0.15) is 0 Å². The number of nitrogens with two attached hydrogens (primary N) is 2. The number of hydrogen-bond acceptors (Lipinski definition) is 7. The van der Waals surface area contributed by atoms with Gasteiger partial charge in [0.2, 0.25) is 0 Å². The fourth-order valence-corrected chi connectivity index (χ4v) is 4.15. The molecule has 3 aromatic heterocycles. The van der Waals surface area contributed by atoms with E-state index in [1.807, 2.05) is 71.5 Å². The van der Waals surface area contributed by atoms with Gasteiger partial charge in [0, 0.05) is 35.9 Å². The van der Waals surface area contributed by atoms with Gasteiger partial charge in [-0.05, 0) is 54.1 Å². The van der Waals surface area contributed by atoms with E-state index in [4.69, 9.17) is 21.4 Å². The summed E-state index contributed by atoms with van der Waals surface area (Å²) >= 11 is 1.55. The molecule has 5 N–H and O–H groups in total. The van der Waals surface area contributed by atoms with E-state index in [9.17, 15) is 0 Å². The molecular formula is C25H23N7S. The molecule has 0 aliphatic carbocycles. The monoisotopic (exact) mass is 453 g/mol. The highest BCUT2D eigenvalue weighted by molar-refractivity contribution is 7.99. The fraction of sp³-hybridized carbons (Fsp3) is 0.0800. The van der Waals surface area contributed by atoms with Crippen molar-refractivity contribution in [2.45, 2.75) is 6.54 Å². The maximum atomic E-state index is 6.22. The minimum absolute atomic E-state index is 0.420. The number of fused-ring (bicyclic) bond motifs is 1. The maximum Gasteiger partial charge on any atom is 0.165 e. The first kappa shape index (κ1) is 21.0. The van der Waals surface area contributed by atoms with Crippen molar-refractivity contribution in [2.75, 3.05) is 16.7 Å². The smallest absolute Gasteiger partial charge is 0.165 e. The Morgan fingerprint density at radius 3 is 2.58 bits per heavy atom. The molecule has 7 nitrogen and oxygen atoms in total. The molecule has 5 rings (SSSR count). The van der Waals surface area contributed by atoms with Gasteiger partial charge in [-0.15, -0.1) is 0 Å². The van der Waals surface area contributed by atoms with E-state index in [0.717, 1.165) is 44.9 Å². The highest BCUT2D eigenvalue weighted by atomic mass is 32.2. The summed E-state index contributed by atoms with van der Waals surface area (Å²) in [4.78, 5) is 14.2. The van der Waals surface area contributed by atoms with E-state index in [2.05, 4.69) is 21.8 Å². The number of nitrogen functional groups attached to an aromatic ring is 1. The summed E-state index contributed by atoms with van der Waals surface area (Å²) in [6.07, 6.45) is 3.67. The van der Waals surface area contributed by atoms with Crippen molar-refractivity contribution in [3.8, 4) is 28.3 Å². The predicted molar refractivity (Wildman–Crippen MR) is 137 cm³/mol. The van der Waals surface area contributed by atoms with Crippen LogP contribution in [-0.2, 0) is 6.54 Å². The van der Waals surface area contributed by atoms with Gasteiger partial charge in [0.15, 0.2) is 11.5 Å². The number of hydrogen-bond donors (Lipinski definition) is 3. The molecule has 164 valence electrons. The molecule has 0 unspecified atom stereocenters. The fourth-order valence-electron chi connectivity index (χ4n) is 3.79. The Morgan fingerprint density at radius 1 is 0.970 bits per heavy atom. The van der Waals surface area contributed by atoms with Gasteiger partial charge >= 0.3 is 0 Å². The number of pyridine rings is 2. The predicted octanol–water partition coefficient (Wildman–Crippen LogP) is 4.88. The average molecular weight is 454 g/mol. The minimum Gasteiger partial charge on any atom is -0.383 e. The lowest BCUT2D eigenvalue weighted by Gasteiger charge is -2.11. The lowest BCUT2D eigenvalue weighted by atomic mass is 10.1. The summed E-state index contributed by atoms with van der Waals surface area (Å²) in [6.45, 7) is 0.482. The molecule has 0 aliphatic rings. The highest BCUT2D eigenvalue weighted by Gasteiger charge is 2.18. The Bertz CT molecular complexity index is 1430.